The Hall–Kier alpha value is -4.31. The molecule has 1 amide bonds. The van der Waals surface area contributed by atoms with Gasteiger partial charge in [0, 0.05) is 52.2 Å². The summed E-state index contributed by atoms with van der Waals surface area (Å²) in [5.41, 5.74) is 8.02. The molecule has 2 aromatic heterocycles. The Morgan fingerprint density at radius 3 is 2.24 bits per heavy atom. The second kappa shape index (κ2) is 22.2. The number of carbonyl (C=O) groups is 1. The smallest absolute Gasteiger partial charge is 0.247 e. The van der Waals surface area contributed by atoms with Crippen LogP contribution in [0.25, 0.3) is 0 Å². The lowest BCUT2D eigenvalue weighted by molar-refractivity contribution is -0.135. The van der Waals surface area contributed by atoms with Crippen molar-refractivity contribution in [1.29, 1.82) is 0 Å². The highest BCUT2D eigenvalue weighted by Gasteiger charge is 2.32. The Bertz CT molecular complexity index is 1600. The van der Waals surface area contributed by atoms with E-state index in [0.29, 0.717) is 122 Å². The predicted octanol–water partition coefficient (Wildman–Crippen LogP) is -1.72. The molecule has 17 nitrogen and oxygen atoms in total. The summed E-state index contributed by atoms with van der Waals surface area (Å²) >= 11 is 0. The van der Waals surface area contributed by atoms with E-state index in [9.17, 15) is 9.90 Å². The molecule has 2 aliphatic heterocycles. The van der Waals surface area contributed by atoms with Crippen LogP contribution in [0.15, 0.2) is 30.5 Å². The third kappa shape index (κ3) is 12.4. The van der Waals surface area contributed by atoms with Gasteiger partial charge in [0.05, 0.1) is 64.2 Å². The lowest BCUT2D eigenvalue weighted by Gasteiger charge is -2.36. The molecule has 2 saturated heterocycles. The second-order valence-electron chi connectivity index (χ2n) is 13.0. The summed E-state index contributed by atoms with van der Waals surface area (Å²) in [5.74, 6) is 4.29. The molecule has 1 aromatic carbocycles. The normalized spacial score (nSPS) is 16.3. The molecule has 3 atom stereocenters. The van der Waals surface area contributed by atoms with E-state index in [4.69, 9.17) is 46.1 Å². The molecule has 0 bridgehead atoms. The molecule has 2 fully saturated rings. The number of ether oxygens (including phenoxy) is 4. The molecule has 4 N–H and O–H groups in total. The number of piperazine rings is 1. The first-order valence-corrected chi connectivity index (χ1v) is 18.3. The highest BCUT2D eigenvalue weighted by Crippen LogP contribution is 2.25. The van der Waals surface area contributed by atoms with E-state index in [1.54, 1.807) is 23.0 Å². The van der Waals surface area contributed by atoms with E-state index in [1.807, 2.05) is 17.0 Å². The fourth-order valence-electron chi connectivity index (χ4n) is 5.91. The minimum Gasteiger partial charge on any atom is -1.00 e. The zero-order valence-electron chi connectivity index (χ0n) is 31.2. The molecule has 5 rings (SSSR count). The number of hydrogen-bond acceptors (Lipinski definition) is 15. The Morgan fingerprint density at radius 2 is 1.59 bits per heavy atom. The van der Waals surface area contributed by atoms with Gasteiger partial charge in [0.15, 0.2) is 0 Å². The van der Waals surface area contributed by atoms with Gasteiger partial charge in [-0.25, -0.2) is 4.68 Å². The number of phenolic OH excluding ortho intramolecular Hbond substituents is 1. The Balaban J connectivity index is 0.00000650. The predicted molar refractivity (Wildman–Crippen MR) is 199 cm³/mol. The van der Waals surface area contributed by atoms with Crippen molar-refractivity contribution in [1.82, 2.24) is 34.8 Å². The van der Waals surface area contributed by atoms with E-state index < -0.39 is 6.04 Å². The molecule has 296 valence electrons. The highest BCUT2D eigenvalue weighted by atomic mass is 35.5. The summed E-state index contributed by atoms with van der Waals surface area (Å²) in [6.45, 7) is 11.7. The van der Waals surface area contributed by atoms with Crippen molar-refractivity contribution in [3.05, 3.63) is 41.7 Å². The zero-order chi connectivity index (χ0) is 37.4. The van der Waals surface area contributed by atoms with Gasteiger partial charge >= 0.3 is 0 Å². The first-order valence-electron chi connectivity index (χ1n) is 18.3. The molecular formula is C36H53ClN11O6-. The molecule has 0 radical (unpaired) electrons. The molecular weight excluding hydrogens is 718 g/mol. The number of phenols is 1. The number of benzene rings is 1. The Morgan fingerprint density at radius 1 is 0.963 bits per heavy atom. The van der Waals surface area contributed by atoms with Crippen molar-refractivity contribution < 1.29 is 41.3 Å². The number of terminal acetylenes is 1. The van der Waals surface area contributed by atoms with E-state index in [-0.39, 0.29) is 42.6 Å². The fraction of sp³-hybridized carbons (Fsp3) is 0.611. The van der Waals surface area contributed by atoms with Crippen LogP contribution in [0, 0.1) is 18.3 Å². The fourth-order valence-corrected chi connectivity index (χ4v) is 5.91. The first-order chi connectivity index (χ1) is 25.9. The summed E-state index contributed by atoms with van der Waals surface area (Å²) < 4.78 is 23.6. The van der Waals surface area contributed by atoms with Crippen molar-refractivity contribution in [3.63, 3.8) is 0 Å². The van der Waals surface area contributed by atoms with Crippen molar-refractivity contribution >= 4 is 23.8 Å². The SMILES string of the molecule is C#CCOCCOCCOCCNc1nc(N2CCOCC2)nc(N2CCN(C(=O)[C@H](Cc3ccc(O)cc3)n3cc([C@@H](N)C(C)CC)nn3)CC2)n1.[Cl-]. The summed E-state index contributed by atoms with van der Waals surface area (Å²) in [7, 11) is 0. The highest BCUT2D eigenvalue weighted by molar-refractivity contribution is 5.81. The van der Waals surface area contributed by atoms with Crippen molar-refractivity contribution in [2.24, 2.45) is 11.7 Å². The lowest BCUT2D eigenvalue weighted by Crippen LogP contribution is -3.00. The van der Waals surface area contributed by atoms with Crippen LogP contribution >= 0.6 is 0 Å². The first kappa shape index (κ1) is 42.4. The maximum absolute atomic E-state index is 14.2. The van der Waals surface area contributed by atoms with Crippen LogP contribution in [-0.2, 0) is 30.2 Å². The van der Waals surface area contributed by atoms with Gasteiger partial charge < -0.3 is 62.2 Å². The third-order valence-electron chi connectivity index (χ3n) is 9.34. The number of aromatic hydroxyl groups is 1. The number of nitrogens with one attached hydrogen (secondary N) is 1. The number of amides is 1. The number of morpholine rings is 1. The molecule has 54 heavy (non-hydrogen) atoms. The lowest BCUT2D eigenvalue weighted by atomic mass is 9.98. The summed E-state index contributed by atoms with van der Waals surface area (Å²) in [6.07, 6.45) is 8.24. The number of carbonyl (C=O) groups excluding carboxylic acids is 1. The molecule has 0 saturated carbocycles. The summed E-state index contributed by atoms with van der Waals surface area (Å²) in [4.78, 5) is 34.6. The van der Waals surface area contributed by atoms with Gasteiger partial charge in [0.1, 0.15) is 18.4 Å². The van der Waals surface area contributed by atoms with Crippen LogP contribution in [0.1, 0.15) is 43.6 Å². The van der Waals surface area contributed by atoms with Gasteiger partial charge in [-0.3, -0.25) is 4.79 Å². The van der Waals surface area contributed by atoms with E-state index >= 15 is 0 Å². The molecule has 1 unspecified atom stereocenters. The number of aromatic nitrogens is 6. The summed E-state index contributed by atoms with van der Waals surface area (Å²) in [5, 5.41) is 21.9. The van der Waals surface area contributed by atoms with Gasteiger partial charge in [-0.2, -0.15) is 15.0 Å². The van der Waals surface area contributed by atoms with Gasteiger partial charge in [-0.05, 0) is 23.6 Å². The van der Waals surface area contributed by atoms with Crippen LogP contribution in [-0.4, -0.2) is 145 Å². The topological polar surface area (TPSA) is 191 Å². The number of nitrogens with two attached hydrogens (primary N) is 1. The van der Waals surface area contributed by atoms with Crippen LogP contribution < -0.4 is 33.3 Å². The molecule has 0 aliphatic carbocycles. The second-order valence-corrected chi connectivity index (χ2v) is 13.0. The maximum atomic E-state index is 14.2. The maximum Gasteiger partial charge on any atom is 0.247 e. The average Bonchev–Trinajstić information content (AvgIpc) is 3.69. The Kier molecular flexibility index (Phi) is 17.4. The minimum absolute atomic E-state index is 0. The van der Waals surface area contributed by atoms with Crippen molar-refractivity contribution in [2.45, 2.75) is 38.8 Å². The molecule has 0 spiro atoms. The molecule has 3 aromatic rings. The molecule has 18 heteroatoms. The van der Waals surface area contributed by atoms with Crippen LogP contribution in [0.5, 0.6) is 5.75 Å². The van der Waals surface area contributed by atoms with E-state index in [2.05, 4.69) is 45.2 Å². The largest absolute Gasteiger partial charge is 1.00 e. The quantitative estimate of drug-likeness (QED) is 0.0869. The molecule has 4 heterocycles. The Labute approximate surface area is 323 Å². The monoisotopic (exact) mass is 770 g/mol. The number of hydrogen-bond donors (Lipinski definition) is 3. The van der Waals surface area contributed by atoms with Gasteiger partial charge in [-0.1, -0.05) is 43.5 Å². The van der Waals surface area contributed by atoms with Gasteiger partial charge in [0.25, 0.3) is 0 Å². The van der Waals surface area contributed by atoms with Crippen molar-refractivity contribution in [2.75, 3.05) is 114 Å². The zero-order valence-corrected chi connectivity index (χ0v) is 31.9. The van der Waals surface area contributed by atoms with Crippen LogP contribution in [0.4, 0.5) is 17.8 Å². The standard InChI is InChI=1S/C36H53N11O6.ClH/c1-4-17-50-21-23-53-24-22-51-18-10-38-34-39-35(41-36(40-34)46-15-19-52-20-16-46)45-13-11-44(12-14-45)33(49)31(25-28-6-8-29(48)9-7-28)47-26-30(42-43-47)32(37)27(3)5-2;/h1,6-9,26-27,31-32,48H,5,10-25,37H2,2-3H3,(H,38,39,40,41);1H/p-1/t27?,31-,32-;/m0./s1. The summed E-state index contributed by atoms with van der Waals surface area (Å²) in [6, 6.07) is 5.95. The van der Waals surface area contributed by atoms with Crippen molar-refractivity contribution in [3.8, 4) is 18.1 Å². The van der Waals surface area contributed by atoms with Crippen LogP contribution in [0.2, 0.25) is 0 Å². The third-order valence-corrected chi connectivity index (χ3v) is 9.34. The van der Waals surface area contributed by atoms with Crippen LogP contribution in [0.3, 0.4) is 0 Å². The number of anilines is 3. The number of nitrogens with zero attached hydrogens (tertiary/aromatic N) is 9. The van der Waals surface area contributed by atoms with E-state index in [1.165, 1.54) is 0 Å². The van der Waals surface area contributed by atoms with E-state index in [0.717, 1.165) is 12.0 Å². The molecule has 2 aliphatic rings. The van der Waals surface area contributed by atoms with Gasteiger partial charge in [-0.15, -0.1) is 11.5 Å². The average molecular weight is 771 g/mol. The number of halogens is 1. The van der Waals surface area contributed by atoms with Gasteiger partial charge in [0.2, 0.25) is 23.8 Å². The number of rotatable bonds is 20. The minimum atomic E-state index is -0.640.